The molecule has 0 spiro atoms. The van der Waals surface area contributed by atoms with Crippen molar-refractivity contribution in [1.82, 2.24) is 20.0 Å². The summed E-state index contributed by atoms with van der Waals surface area (Å²) in [7, 11) is 0. The van der Waals surface area contributed by atoms with Crippen LogP contribution in [0.15, 0.2) is 4.99 Å². The lowest BCUT2D eigenvalue weighted by Gasteiger charge is -2.36. The molecule has 0 aromatic rings. The maximum Gasteiger partial charge on any atom is 0.236 e. The first kappa shape index (κ1) is 24.7. The molecule has 1 amide bonds. The van der Waals surface area contributed by atoms with Gasteiger partial charge in [0.25, 0.3) is 0 Å². The Labute approximate surface area is 193 Å². The molecule has 3 rings (SSSR count). The number of hydrogen-bond acceptors (Lipinski definition) is 4. The molecule has 0 unspecified atom stereocenters. The summed E-state index contributed by atoms with van der Waals surface area (Å²) in [5.41, 5.74) is 0.375. The molecule has 2 heterocycles. The standard InChI is InChI=1S/C21H39N5O2.HI/c1-3-22-20(23-18-21(7-8-21)9-16-28-4-2)26-14-12-24(13-15-26)17-19(27)25-10-5-6-11-25;/h3-18H2,1-2H3,(H,22,23);1H. The fourth-order valence-corrected chi connectivity index (χ4v) is 4.14. The second-order valence-corrected chi connectivity index (χ2v) is 8.47. The highest BCUT2D eigenvalue weighted by molar-refractivity contribution is 14.0. The molecule has 1 N–H and O–H groups in total. The molecular weight excluding hydrogens is 481 g/mol. The Morgan fingerprint density at radius 1 is 1.03 bits per heavy atom. The molecule has 0 aromatic carbocycles. The molecule has 3 fully saturated rings. The number of rotatable bonds is 9. The van der Waals surface area contributed by atoms with E-state index in [9.17, 15) is 4.79 Å². The quantitative estimate of drug-likeness (QED) is 0.218. The first-order valence-electron chi connectivity index (χ1n) is 11.3. The highest BCUT2D eigenvalue weighted by atomic mass is 127. The third-order valence-corrected chi connectivity index (χ3v) is 6.33. The summed E-state index contributed by atoms with van der Waals surface area (Å²) in [5, 5.41) is 3.47. The van der Waals surface area contributed by atoms with Crippen molar-refractivity contribution in [2.75, 3.05) is 72.1 Å². The maximum absolute atomic E-state index is 12.4. The Hall–Kier alpha value is -0.610. The van der Waals surface area contributed by atoms with E-state index in [4.69, 9.17) is 9.73 Å². The highest BCUT2D eigenvalue weighted by Crippen LogP contribution is 2.49. The van der Waals surface area contributed by atoms with Gasteiger partial charge in [-0.15, -0.1) is 24.0 Å². The summed E-state index contributed by atoms with van der Waals surface area (Å²) in [6, 6.07) is 0. The minimum atomic E-state index is 0. The smallest absolute Gasteiger partial charge is 0.236 e. The van der Waals surface area contributed by atoms with E-state index in [1.165, 1.54) is 12.8 Å². The van der Waals surface area contributed by atoms with Crippen LogP contribution in [0.4, 0.5) is 0 Å². The van der Waals surface area contributed by atoms with E-state index < -0.39 is 0 Å². The van der Waals surface area contributed by atoms with E-state index in [0.29, 0.717) is 17.9 Å². The minimum absolute atomic E-state index is 0. The molecule has 2 aliphatic heterocycles. The zero-order chi connectivity index (χ0) is 19.8. The summed E-state index contributed by atoms with van der Waals surface area (Å²) in [6.07, 6.45) is 5.99. The van der Waals surface area contributed by atoms with Crippen LogP contribution in [0.1, 0.15) is 46.0 Å². The first-order valence-corrected chi connectivity index (χ1v) is 11.3. The number of guanidine groups is 1. The second-order valence-electron chi connectivity index (χ2n) is 8.47. The number of likely N-dealkylation sites (tertiary alicyclic amines) is 1. The van der Waals surface area contributed by atoms with Crippen molar-refractivity contribution in [2.45, 2.75) is 46.0 Å². The van der Waals surface area contributed by atoms with Gasteiger partial charge in [0, 0.05) is 65.6 Å². The Balaban J connectivity index is 0.00000300. The number of ether oxygens (including phenoxy) is 1. The normalized spacial score (nSPS) is 21.8. The van der Waals surface area contributed by atoms with E-state index >= 15 is 0 Å². The van der Waals surface area contributed by atoms with Crippen molar-refractivity contribution >= 4 is 35.8 Å². The molecule has 7 nitrogen and oxygen atoms in total. The molecule has 0 radical (unpaired) electrons. The molecule has 0 bridgehead atoms. The van der Waals surface area contributed by atoms with Crippen molar-refractivity contribution in [3.05, 3.63) is 0 Å². The van der Waals surface area contributed by atoms with Crippen LogP contribution >= 0.6 is 24.0 Å². The highest BCUT2D eigenvalue weighted by Gasteiger charge is 2.42. The number of halogens is 1. The summed E-state index contributed by atoms with van der Waals surface area (Å²) < 4.78 is 5.55. The first-order chi connectivity index (χ1) is 13.7. The zero-order valence-electron chi connectivity index (χ0n) is 18.3. The molecule has 168 valence electrons. The van der Waals surface area contributed by atoms with Gasteiger partial charge < -0.3 is 19.9 Å². The summed E-state index contributed by atoms with van der Waals surface area (Å²) >= 11 is 0. The van der Waals surface area contributed by atoms with E-state index in [2.05, 4.69) is 29.0 Å². The molecule has 0 atom stereocenters. The molecule has 3 aliphatic rings. The number of carbonyl (C=O) groups excluding carboxylic acids is 1. The number of hydrogen-bond donors (Lipinski definition) is 1. The number of nitrogens with one attached hydrogen (secondary N) is 1. The lowest BCUT2D eigenvalue weighted by atomic mass is 10.0. The van der Waals surface area contributed by atoms with Crippen molar-refractivity contribution in [1.29, 1.82) is 0 Å². The second kappa shape index (κ2) is 12.3. The summed E-state index contributed by atoms with van der Waals surface area (Å²) in [4.78, 5) is 24.0. The fourth-order valence-electron chi connectivity index (χ4n) is 4.14. The third-order valence-electron chi connectivity index (χ3n) is 6.33. The van der Waals surface area contributed by atoms with Gasteiger partial charge in [-0.2, -0.15) is 0 Å². The van der Waals surface area contributed by atoms with Crippen LogP contribution < -0.4 is 5.32 Å². The van der Waals surface area contributed by atoms with Gasteiger partial charge in [-0.25, -0.2) is 0 Å². The van der Waals surface area contributed by atoms with Gasteiger partial charge in [0.2, 0.25) is 5.91 Å². The van der Waals surface area contributed by atoms with Crippen LogP contribution in [0.5, 0.6) is 0 Å². The van der Waals surface area contributed by atoms with E-state index in [-0.39, 0.29) is 24.0 Å². The Morgan fingerprint density at radius 2 is 1.72 bits per heavy atom. The topological polar surface area (TPSA) is 60.4 Å². The number of carbonyl (C=O) groups is 1. The zero-order valence-corrected chi connectivity index (χ0v) is 20.7. The number of piperazine rings is 1. The Morgan fingerprint density at radius 3 is 2.31 bits per heavy atom. The van der Waals surface area contributed by atoms with Gasteiger partial charge in [-0.05, 0) is 51.4 Å². The number of nitrogens with zero attached hydrogens (tertiary/aromatic N) is 4. The van der Waals surface area contributed by atoms with Crippen LogP contribution in [0.3, 0.4) is 0 Å². The van der Waals surface area contributed by atoms with E-state index in [1.54, 1.807) is 0 Å². The minimum Gasteiger partial charge on any atom is -0.382 e. The molecule has 0 aromatic heterocycles. The van der Waals surface area contributed by atoms with Crippen LogP contribution in [0.25, 0.3) is 0 Å². The van der Waals surface area contributed by atoms with E-state index in [1.807, 2.05) is 4.90 Å². The predicted molar refractivity (Wildman–Crippen MR) is 128 cm³/mol. The molecule has 1 saturated carbocycles. The summed E-state index contributed by atoms with van der Waals surface area (Å²) in [6.45, 7) is 13.8. The Bertz CT molecular complexity index is 527. The largest absolute Gasteiger partial charge is 0.382 e. The Kier molecular flexibility index (Phi) is 10.5. The van der Waals surface area contributed by atoms with Gasteiger partial charge in [0.15, 0.2) is 5.96 Å². The molecule has 2 saturated heterocycles. The summed E-state index contributed by atoms with van der Waals surface area (Å²) in [5.74, 6) is 1.34. The molecule has 8 heteroatoms. The van der Waals surface area contributed by atoms with Crippen molar-refractivity contribution in [3.8, 4) is 0 Å². The van der Waals surface area contributed by atoms with Gasteiger partial charge in [0.1, 0.15) is 0 Å². The number of amides is 1. The van der Waals surface area contributed by atoms with Gasteiger partial charge in [-0.3, -0.25) is 14.7 Å². The van der Waals surface area contributed by atoms with Crippen molar-refractivity contribution in [2.24, 2.45) is 10.4 Å². The average Bonchev–Trinajstić information content (AvgIpc) is 3.25. The molecule has 29 heavy (non-hydrogen) atoms. The van der Waals surface area contributed by atoms with Gasteiger partial charge >= 0.3 is 0 Å². The molecule has 1 aliphatic carbocycles. The van der Waals surface area contributed by atoms with Crippen LogP contribution in [-0.4, -0.2) is 98.7 Å². The lowest BCUT2D eigenvalue weighted by Crippen LogP contribution is -2.54. The van der Waals surface area contributed by atoms with Crippen LogP contribution in [0.2, 0.25) is 0 Å². The third kappa shape index (κ3) is 7.54. The monoisotopic (exact) mass is 521 g/mol. The van der Waals surface area contributed by atoms with E-state index in [0.717, 1.165) is 90.8 Å². The average molecular weight is 521 g/mol. The van der Waals surface area contributed by atoms with Crippen LogP contribution in [-0.2, 0) is 9.53 Å². The predicted octanol–water partition coefficient (Wildman–Crippen LogP) is 2.02. The van der Waals surface area contributed by atoms with Crippen molar-refractivity contribution in [3.63, 3.8) is 0 Å². The van der Waals surface area contributed by atoms with Crippen molar-refractivity contribution < 1.29 is 9.53 Å². The van der Waals surface area contributed by atoms with Crippen LogP contribution in [0, 0.1) is 5.41 Å². The van der Waals surface area contributed by atoms with Gasteiger partial charge in [0.05, 0.1) is 6.54 Å². The lowest BCUT2D eigenvalue weighted by molar-refractivity contribution is -0.131. The maximum atomic E-state index is 12.4. The SMILES string of the molecule is CCNC(=NCC1(CCOCC)CC1)N1CCN(CC(=O)N2CCCC2)CC1.I. The molecular formula is C21H40IN5O2. The number of aliphatic imine (C=N–C) groups is 1. The van der Waals surface area contributed by atoms with Gasteiger partial charge in [-0.1, -0.05) is 0 Å². The fraction of sp³-hybridized carbons (Fsp3) is 0.905.